The minimum Gasteiger partial charge on any atom is -0.490 e. The van der Waals surface area contributed by atoms with E-state index >= 15 is 0 Å². The third-order valence-corrected chi connectivity index (χ3v) is 4.23. The summed E-state index contributed by atoms with van der Waals surface area (Å²) < 4.78 is 16.2. The monoisotopic (exact) mass is 319 g/mol. The molecule has 0 unspecified atom stereocenters. The second-order valence-electron chi connectivity index (χ2n) is 5.80. The summed E-state index contributed by atoms with van der Waals surface area (Å²) in [5.74, 6) is 0.324. The van der Waals surface area contributed by atoms with Crippen molar-refractivity contribution in [3.05, 3.63) is 23.8 Å². The number of carbonyl (C=O) groups is 2. The summed E-state index contributed by atoms with van der Waals surface area (Å²) in [5, 5.41) is 0. The Bertz CT molecular complexity index is 615. The molecule has 2 atom stereocenters. The van der Waals surface area contributed by atoms with Crippen molar-refractivity contribution in [2.24, 2.45) is 5.92 Å². The zero-order valence-corrected chi connectivity index (χ0v) is 13.4. The molecule has 0 saturated carbocycles. The van der Waals surface area contributed by atoms with Crippen molar-refractivity contribution in [2.45, 2.75) is 26.4 Å². The van der Waals surface area contributed by atoms with Crippen LogP contribution in [0.3, 0.4) is 0 Å². The Morgan fingerprint density at radius 2 is 2.17 bits per heavy atom. The molecule has 1 aromatic rings. The summed E-state index contributed by atoms with van der Waals surface area (Å²) in [6.45, 7) is 5.57. The van der Waals surface area contributed by atoms with Gasteiger partial charge in [-0.05, 0) is 37.5 Å². The lowest BCUT2D eigenvalue weighted by Gasteiger charge is -2.32. The van der Waals surface area contributed by atoms with Gasteiger partial charge in [0.15, 0.2) is 0 Å². The van der Waals surface area contributed by atoms with Gasteiger partial charge in [0.2, 0.25) is 0 Å². The molecule has 0 spiro atoms. The lowest BCUT2D eigenvalue weighted by atomic mass is 10.0. The van der Waals surface area contributed by atoms with E-state index in [0.29, 0.717) is 43.4 Å². The van der Waals surface area contributed by atoms with Crippen LogP contribution in [-0.4, -0.2) is 44.3 Å². The molecule has 0 aromatic heterocycles. The fraction of sp³-hybridized carbons (Fsp3) is 0.529. The average molecular weight is 319 g/mol. The quantitative estimate of drug-likeness (QED) is 0.798. The standard InChI is InChI=1S/C17H21NO5/c1-3-21-17(20)12-4-5-14-13(10-12)18(7-9-22-14)16(19)15-11(2)6-8-23-15/h4-5,10-11,15H,3,6-9H2,1-2H3/t11-,15+/m1/s1. The summed E-state index contributed by atoms with van der Waals surface area (Å²) in [4.78, 5) is 26.4. The Balaban J connectivity index is 1.89. The number of hydrogen-bond donors (Lipinski definition) is 0. The molecule has 3 rings (SSSR count). The molecule has 0 N–H and O–H groups in total. The van der Waals surface area contributed by atoms with Crippen LogP contribution in [0.25, 0.3) is 0 Å². The van der Waals surface area contributed by atoms with Gasteiger partial charge in [-0.25, -0.2) is 4.79 Å². The van der Waals surface area contributed by atoms with E-state index < -0.39 is 12.1 Å². The van der Waals surface area contributed by atoms with Crippen LogP contribution < -0.4 is 9.64 Å². The molecule has 0 radical (unpaired) electrons. The molecule has 0 bridgehead atoms. The molecule has 6 heteroatoms. The Kier molecular flexibility index (Phi) is 4.52. The highest BCUT2D eigenvalue weighted by molar-refractivity contribution is 6.00. The normalized spacial score (nSPS) is 23.1. The fourth-order valence-corrected chi connectivity index (χ4v) is 2.95. The Hall–Kier alpha value is -2.08. The van der Waals surface area contributed by atoms with Crippen LogP contribution in [0.1, 0.15) is 30.6 Å². The summed E-state index contributed by atoms with van der Waals surface area (Å²) >= 11 is 0. The van der Waals surface area contributed by atoms with Gasteiger partial charge < -0.3 is 19.1 Å². The van der Waals surface area contributed by atoms with E-state index in [0.717, 1.165) is 6.42 Å². The Morgan fingerprint density at radius 1 is 1.35 bits per heavy atom. The van der Waals surface area contributed by atoms with Gasteiger partial charge in [0, 0.05) is 6.61 Å². The van der Waals surface area contributed by atoms with Crippen molar-refractivity contribution in [2.75, 3.05) is 31.3 Å². The van der Waals surface area contributed by atoms with Crippen molar-refractivity contribution in [3.63, 3.8) is 0 Å². The summed E-state index contributed by atoms with van der Waals surface area (Å²) in [6.07, 6.45) is 0.461. The molecular weight excluding hydrogens is 298 g/mol. The smallest absolute Gasteiger partial charge is 0.338 e. The summed E-state index contributed by atoms with van der Waals surface area (Å²) in [5.41, 5.74) is 1.02. The van der Waals surface area contributed by atoms with Gasteiger partial charge in [-0.15, -0.1) is 0 Å². The van der Waals surface area contributed by atoms with E-state index in [-0.39, 0.29) is 11.8 Å². The Morgan fingerprint density at radius 3 is 2.87 bits per heavy atom. The first-order chi connectivity index (χ1) is 11.1. The third-order valence-electron chi connectivity index (χ3n) is 4.23. The predicted octanol–water partition coefficient (Wildman–Crippen LogP) is 2.01. The van der Waals surface area contributed by atoms with Crippen LogP contribution in [0.5, 0.6) is 5.75 Å². The molecular formula is C17H21NO5. The van der Waals surface area contributed by atoms with E-state index in [1.165, 1.54) is 0 Å². The lowest BCUT2D eigenvalue weighted by Crippen LogP contribution is -2.45. The van der Waals surface area contributed by atoms with Gasteiger partial charge in [-0.1, -0.05) is 6.92 Å². The van der Waals surface area contributed by atoms with Gasteiger partial charge in [0.1, 0.15) is 18.5 Å². The molecule has 1 amide bonds. The van der Waals surface area contributed by atoms with Crippen LogP contribution in [0.2, 0.25) is 0 Å². The molecule has 1 aromatic carbocycles. The maximum absolute atomic E-state index is 12.8. The zero-order valence-electron chi connectivity index (χ0n) is 13.4. The van der Waals surface area contributed by atoms with E-state index in [2.05, 4.69) is 0 Å². The predicted molar refractivity (Wildman–Crippen MR) is 83.8 cm³/mol. The summed E-state index contributed by atoms with van der Waals surface area (Å²) in [6, 6.07) is 5.02. The van der Waals surface area contributed by atoms with Crippen LogP contribution in [0.4, 0.5) is 5.69 Å². The highest BCUT2D eigenvalue weighted by Gasteiger charge is 2.36. The van der Waals surface area contributed by atoms with Crippen LogP contribution in [0, 0.1) is 5.92 Å². The molecule has 23 heavy (non-hydrogen) atoms. The highest BCUT2D eigenvalue weighted by Crippen LogP contribution is 2.34. The topological polar surface area (TPSA) is 65.1 Å². The number of esters is 1. The third kappa shape index (κ3) is 3.03. The first kappa shape index (κ1) is 15.8. The van der Waals surface area contributed by atoms with Crippen molar-refractivity contribution < 1.29 is 23.8 Å². The minimum atomic E-state index is -0.424. The van der Waals surface area contributed by atoms with Crippen LogP contribution >= 0.6 is 0 Å². The van der Waals surface area contributed by atoms with Gasteiger partial charge in [-0.3, -0.25) is 4.79 Å². The summed E-state index contributed by atoms with van der Waals surface area (Å²) in [7, 11) is 0. The molecule has 2 heterocycles. The van der Waals surface area contributed by atoms with Gasteiger partial charge >= 0.3 is 5.97 Å². The maximum atomic E-state index is 12.8. The van der Waals surface area contributed by atoms with Crippen molar-refractivity contribution >= 4 is 17.6 Å². The number of ether oxygens (including phenoxy) is 3. The highest BCUT2D eigenvalue weighted by atomic mass is 16.5. The molecule has 2 aliphatic rings. The fourth-order valence-electron chi connectivity index (χ4n) is 2.95. The number of benzene rings is 1. The number of fused-ring (bicyclic) bond motifs is 1. The Labute approximate surface area is 135 Å². The number of carbonyl (C=O) groups excluding carboxylic acids is 2. The largest absolute Gasteiger partial charge is 0.490 e. The van der Waals surface area contributed by atoms with Crippen molar-refractivity contribution in [1.82, 2.24) is 0 Å². The molecule has 0 aliphatic carbocycles. The van der Waals surface area contributed by atoms with Gasteiger partial charge in [0.05, 0.1) is 24.4 Å². The molecule has 1 saturated heterocycles. The minimum absolute atomic E-state index is 0.0689. The van der Waals surface area contributed by atoms with E-state index in [1.807, 2.05) is 6.92 Å². The first-order valence-corrected chi connectivity index (χ1v) is 7.98. The maximum Gasteiger partial charge on any atom is 0.338 e. The first-order valence-electron chi connectivity index (χ1n) is 7.98. The van der Waals surface area contributed by atoms with Crippen LogP contribution in [-0.2, 0) is 14.3 Å². The molecule has 124 valence electrons. The average Bonchev–Trinajstić information content (AvgIpc) is 2.99. The number of anilines is 1. The lowest BCUT2D eigenvalue weighted by molar-refractivity contribution is -0.129. The second-order valence-corrected chi connectivity index (χ2v) is 5.80. The second kappa shape index (κ2) is 6.58. The van der Waals surface area contributed by atoms with Crippen molar-refractivity contribution in [3.8, 4) is 5.75 Å². The molecule has 1 fully saturated rings. The number of amides is 1. The van der Waals surface area contributed by atoms with E-state index in [1.54, 1.807) is 30.0 Å². The zero-order chi connectivity index (χ0) is 16.4. The SMILES string of the molecule is CCOC(=O)c1ccc2c(c1)N(C(=O)[C@H]1OCC[C@H]1C)CCO2. The number of hydrogen-bond acceptors (Lipinski definition) is 5. The number of rotatable bonds is 3. The van der Waals surface area contributed by atoms with Gasteiger partial charge in [0.25, 0.3) is 5.91 Å². The molecule has 6 nitrogen and oxygen atoms in total. The van der Waals surface area contributed by atoms with Crippen molar-refractivity contribution in [1.29, 1.82) is 0 Å². The van der Waals surface area contributed by atoms with Crippen LogP contribution in [0.15, 0.2) is 18.2 Å². The van der Waals surface area contributed by atoms with E-state index in [4.69, 9.17) is 14.2 Å². The van der Waals surface area contributed by atoms with E-state index in [9.17, 15) is 9.59 Å². The number of nitrogens with zero attached hydrogens (tertiary/aromatic N) is 1. The molecule has 2 aliphatic heterocycles. The van der Waals surface area contributed by atoms with Gasteiger partial charge in [-0.2, -0.15) is 0 Å².